The number of rotatable bonds is 10. The molecule has 0 saturated heterocycles. The third-order valence-electron chi connectivity index (χ3n) is 5.48. The molecule has 0 fully saturated rings. The van der Waals surface area contributed by atoms with E-state index in [1.54, 1.807) is 11.0 Å². The minimum Gasteiger partial charge on any atom is -0.350 e. The maximum Gasteiger partial charge on any atom is 0.243 e. The molecule has 3 aromatic carbocycles. The zero-order valence-corrected chi connectivity index (χ0v) is 23.2. The van der Waals surface area contributed by atoms with E-state index >= 15 is 0 Å². The van der Waals surface area contributed by atoms with Gasteiger partial charge in [0.1, 0.15) is 6.04 Å². The lowest BCUT2D eigenvalue weighted by Crippen LogP contribution is -2.54. The highest BCUT2D eigenvalue weighted by Gasteiger charge is 2.32. The van der Waals surface area contributed by atoms with Crippen LogP contribution in [-0.4, -0.2) is 34.0 Å². The first-order valence-corrected chi connectivity index (χ1v) is 13.7. The Morgan fingerprint density at radius 3 is 2.17 bits per heavy atom. The second kappa shape index (κ2) is 13.2. The predicted molar refractivity (Wildman–Crippen MR) is 151 cm³/mol. The second-order valence-corrected chi connectivity index (χ2v) is 11.5. The summed E-state index contributed by atoms with van der Waals surface area (Å²) in [4.78, 5) is 28.9. The Hall–Kier alpha value is -2.47. The molecule has 0 aliphatic carbocycles. The van der Waals surface area contributed by atoms with Crippen LogP contribution in [0.25, 0.3) is 0 Å². The molecule has 190 valence electrons. The molecule has 0 saturated carbocycles. The van der Waals surface area contributed by atoms with Gasteiger partial charge in [-0.2, -0.15) is 0 Å². The molecule has 3 rings (SSSR count). The highest BCUT2D eigenvalue weighted by molar-refractivity contribution is 7.99. The summed E-state index contributed by atoms with van der Waals surface area (Å²) in [5.41, 5.74) is 2.43. The fraction of sp³-hybridized carbons (Fsp3) is 0.310. The van der Waals surface area contributed by atoms with E-state index in [0.29, 0.717) is 22.2 Å². The van der Waals surface area contributed by atoms with Crippen LogP contribution in [0.1, 0.15) is 37.5 Å². The van der Waals surface area contributed by atoms with Crippen molar-refractivity contribution in [1.29, 1.82) is 0 Å². The summed E-state index contributed by atoms with van der Waals surface area (Å²) in [7, 11) is 0. The number of amides is 2. The van der Waals surface area contributed by atoms with E-state index in [1.807, 2.05) is 93.6 Å². The number of thioether (sulfide) groups is 1. The number of benzene rings is 3. The van der Waals surface area contributed by atoms with Gasteiger partial charge in [-0.3, -0.25) is 9.59 Å². The first-order valence-electron chi connectivity index (χ1n) is 11.8. The number of carbonyl (C=O) groups is 2. The molecule has 4 nitrogen and oxygen atoms in total. The Labute approximate surface area is 228 Å². The average molecular weight is 544 g/mol. The van der Waals surface area contributed by atoms with Gasteiger partial charge in [0.15, 0.2) is 0 Å². The van der Waals surface area contributed by atoms with Crippen molar-refractivity contribution >= 4 is 46.8 Å². The van der Waals surface area contributed by atoms with Gasteiger partial charge in [-0.1, -0.05) is 83.9 Å². The molecular formula is C29H32Cl2N2O2S. The highest BCUT2D eigenvalue weighted by Crippen LogP contribution is 2.23. The van der Waals surface area contributed by atoms with Crippen LogP contribution in [0.2, 0.25) is 10.0 Å². The third kappa shape index (κ3) is 8.88. The summed E-state index contributed by atoms with van der Waals surface area (Å²) in [5.74, 6) is 0.606. The van der Waals surface area contributed by atoms with Crippen LogP contribution in [0, 0.1) is 0 Å². The number of carbonyl (C=O) groups excluding carboxylic acids is 2. The van der Waals surface area contributed by atoms with Crippen LogP contribution in [0.5, 0.6) is 0 Å². The van der Waals surface area contributed by atoms with E-state index in [9.17, 15) is 9.59 Å². The minimum absolute atomic E-state index is 0.112. The van der Waals surface area contributed by atoms with Crippen molar-refractivity contribution < 1.29 is 9.59 Å². The van der Waals surface area contributed by atoms with E-state index in [2.05, 4.69) is 5.32 Å². The Morgan fingerprint density at radius 1 is 0.889 bits per heavy atom. The number of nitrogens with one attached hydrogen (secondary N) is 1. The van der Waals surface area contributed by atoms with Crippen molar-refractivity contribution in [3.63, 3.8) is 0 Å². The molecule has 0 aromatic heterocycles. The maximum atomic E-state index is 13.7. The zero-order valence-electron chi connectivity index (χ0n) is 20.8. The summed E-state index contributed by atoms with van der Waals surface area (Å²) < 4.78 is 0. The van der Waals surface area contributed by atoms with Crippen LogP contribution in [-0.2, 0) is 28.3 Å². The molecule has 0 aliphatic rings. The van der Waals surface area contributed by atoms with E-state index in [0.717, 1.165) is 16.7 Å². The Balaban J connectivity index is 1.87. The molecule has 3 aromatic rings. The molecule has 0 unspecified atom stereocenters. The molecule has 0 bridgehead atoms. The van der Waals surface area contributed by atoms with Gasteiger partial charge in [-0.05, 0) is 55.7 Å². The topological polar surface area (TPSA) is 49.4 Å². The van der Waals surface area contributed by atoms with Crippen molar-refractivity contribution in [2.75, 3.05) is 5.75 Å². The van der Waals surface area contributed by atoms with Crippen molar-refractivity contribution in [2.24, 2.45) is 0 Å². The van der Waals surface area contributed by atoms with Crippen molar-refractivity contribution in [3.8, 4) is 0 Å². The Kier molecular flexibility index (Phi) is 10.3. The van der Waals surface area contributed by atoms with E-state index in [-0.39, 0.29) is 24.1 Å². The summed E-state index contributed by atoms with van der Waals surface area (Å²) in [6, 6.07) is 24.1. The molecule has 7 heteroatoms. The van der Waals surface area contributed by atoms with Crippen LogP contribution >= 0.6 is 35.0 Å². The molecular weight excluding hydrogens is 511 g/mol. The molecule has 0 radical (unpaired) electrons. The Bertz CT molecular complexity index is 1150. The van der Waals surface area contributed by atoms with Crippen LogP contribution in [0.3, 0.4) is 0 Å². The largest absolute Gasteiger partial charge is 0.350 e. The summed E-state index contributed by atoms with van der Waals surface area (Å²) in [6.07, 6.45) is 0.404. The van der Waals surface area contributed by atoms with E-state index < -0.39 is 11.6 Å². The minimum atomic E-state index is -0.688. The third-order valence-corrected chi connectivity index (χ3v) is 7.08. The predicted octanol–water partition coefficient (Wildman–Crippen LogP) is 6.78. The van der Waals surface area contributed by atoms with Crippen molar-refractivity contribution in [2.45, 2.75) is 51.1 Å². The van der Waals surface area contributed by atoms with Gasteiger partial charge in [0.05, 0.1) is 5.75 Å². The molecule has 36 heavy (non-hydrogen) atoms. The van der Waals surface area contributed by atoms with Gasteiger partial charge in [-0.25, -0.2) is 0 Å². The lowest BCUT2D eigenvalue weighted by Gasteiger charge is -2.34. The number of hydrogen-bond donors (Lipinski definition) is 1. The van der Waals surface area contributed by atoms with Gasteiger partial charge in [0, 0.05) is 34.3 Å². The molecule has 0 spiro atoms. The monoisotopic (exact) mass is 542 g/mol. The van der Waals surface area contributed by atoms with Crippen molar-refractivity contribution in [3.05, 3.63) is 106 Å². The SMILES string of the molecule is CC(C)(C)NC(=O)[C@H](Cc1ccccc1)N(Cc1ccccc1Cl)C(=O)CSCc1ccc(Cl)cc1. The fourth-order valence-corrected chi connectivity index (χ4v) is 4.93. The van der Waals surface area contributed by atoms with Gasteiger partial charge >= 0.3 is 0 Å². The number of nitrogens with zero attached hydrogens (tertiary/aromatic N) is 1. The first kappa shape index (κ1) is 28.1. The standard InChI is InChI=1S/C29H32Cl2N2O2S/c1-29(2,3)32-28(35)26(17-21-9-5-4-6-10-21)33(18-23-11-7-8-12-25(23)31)27(34)20-36-19-22-13-15-24(30)16-14-22/h4-16,26H,17-20H2,1-3H3,(H,32,35)/t26-/m0/s1. The van der Waals surface area contributed by atoms with Crippen LogP contribution in [0.4, 0.5) is 0 Å². The normalized spacial score (nSPS) is 12.1. The zero-order chi connectivity index (χ0) is 26.1. The Morgan fingerprint density at radius 2 is 1.53 bits per heavy atom. The van der Waals surface area contributed by atoms with Crippen LogP contribution < -0.4 is 5.32 Å². The second-order valence-electron chi connectivity index (χ2n) is 9.68. The average Bonchev–Trinajstić information content (AvgIpc) is 2.83. The highest BCUT2D eigenvalue weighted by atomic mass is 35.5. The van der Waals surface area contributed by atoms with Gasteiger partial charge < -0.3 is 10.2 Å². The molecule has 0 heterocycles. The van der Waals surface area contributed by atoms with Crippen molar-refractivity contribution in [1.82, 2.24) is 10.2 Å². The number of hydrogen-bond acceptors (Lipinski definition) is 3. The lowest BCUT2D eigenvalue weighted by atomic mass is 10.0. The molecule has 1 atom stereocenters. The summed E-state index contributed by atoms with van der Waals surface area (Å²) in [6.45, 7) is 6.06. The van der Waals surface area contributed by atoms with E-state index in [1.165, 1.54) is 11.8 Å². The maximum absolute atomic E-state index is 13.7. The first-order chi connectivity index (χ1) is 17.1. The summed E-state index contributed by atoms with van der Waals surface area (Å²) >= 11 is 14.0. The fourth-order valence-electron chi connectivity index (χ4n) is 3.74. The van der Waals surface area contributed by atoms with Gasteiger partial charge in [0.25, 0.3) is 0 Å². The summed E-state index contributed by atoms with van der Waals surface area (Å²) in [5, 5.41) is 4.33. The van der Waals surface area contributed by atoms with Gasteiger partial charge in [0.2, 0.25) is 11.8 Å². The quantitative estimate of drug-likeness (QED) is 0.307. The lowest BCUT2D eigenvalue weighted by molar-refractivity contribution is -0.140. The smallest absolute Gasteiger partial charge is 0.243 e. The van der Waals surface area contributed by atoms with E-state index in [4.69, 9.17) is 23.2 Å². The molecule has 1 N–H and O–H groups in total. The molecule has 2 amide bonds. The van der Waals surface area contributed by atoms with Crippen LogP contribution in [0.15, 0.2) is 78.9 Å². The number of halogens is 2. The molecule has 0 aliphatic heterocycles. The van der Waals surface area contributed by atoms with Gasteiger partial charge in [-0.15, -0.1) is 11.8 Å².